The molecule has 0 amide bonds. The number of hydrogen-bond donors (Lipinski definition) is 2. The predicted octanol–water partition coefficient (Wildman–Crippen LogP) is 2.91. The Balaban J connectivity index is 1.71. The van der Waals surface area contributed by atoms with E-state index in [0.717, 1.165) is 25.9 Å². The number of nitrogens with one attached hydrogen (secondary N) is 1. The van der Waals surface area contributed by atoms with E-state index in [9.17, 15) is 5.11 Å². The monoisotopic (exact) mass is 268 g/mol. The van der Waals surface area contributed by atoms with E-state index in [1.807, 2.05) is 6.20 Å². The normalized spacial score (nSPS) is 24.7. The topological polar surface area (TPSA) is 45.2 Å². The van der Waals surface area contributed by atoms with Crippen LogP contribution in [0, 0.1) is 5.92 Å². The summed E-state index contributed by atoms with van der Waals surface area (Å²) in [6.07, 6.45) is 6.30. The Bertz CT molecular complexity index is 364. The molecule has 4 heteroatoms. The van der Waals surface area contributed by atoms with E-state index in [0.29, 0.717) is 11.8 Å². The Hall–Kier alpha value is -0.450. The zero-order valence-electron chi connectivity index (χ0n) is 11.4. The molecule has 1 aromatic rings. The van der Waals surface area contributed by atoms with E-state index in [4.69, 9.17) is 0 Å². The van der Waals surface area contributed by atoms with Crippen molar-refractivity contribution in [2.75, 3.05) is 6.54 Å². The maximum atomic E-state index is 9.62. The second-order valence-electron chi connectivity index (χ2n) is 5.64. The fourth-order valence-corrected chi connectivity index (χ4v) is 3.41. The standard InChI is InChI=1S/C14H24N2OS/c1-10(2)14-16-9-13(18-14)8-15-7-11-4-3-5-12(17)6-11/h9-12,15,17H,3-8H2,1-2H3. The SMILES string of the molecule is CC(C)c1ncc(CNCC2CCCC(O)C2)s1. The van der Waals surface area contributed by atoms with Crippen LogP contribution < -0.4 is 5.32 Å². The summed E-state index contributed by atoms with van der Waals surface area (Å²) in [5.41, 5.74) is 0. The molecule has 1 fully saturated rings. The van der Waals surface area contributed by atoms with E-state index < -0.39 is 0 Å². The molecule has 0 bridgehead atoms. The zero-order valence-corrected chi connectivity index (χ0v) is 12.2. The highest BCUT2D eigenvalue weighted by Crippen LogP contribution is 2.24. The molecule has 102 valence electrons. The van der Waals surface area contributed by atoms with Crippen molar-refractivity contribution in [1.29, 1.82) is 0 Å². The van der Waals surface area contributed by atoms with Gasteiger partial charge in [0.25, 0.3) is 0 Å². The lowest BCUT2D eigenvalue weighted by Crippen LogP contribution is -2.28. The minimum Gasteiger partial charge on any atom is -0.393 e. The van der Waals surface area contributed by atoms with Gasteiger partial charge in [0.15, 0.2) is 0 Å². The Labute approximate surface area is 114 Å². The highest BCUT2D eigenvalue weighted by Gasteiger charge is 2.19. The number of thiazole rings is 1. The molecule has 1 aliphatic rings. The van der Waals surface area contributed by atoms with Gasteiger partial charge in [-0.3, -0.25) is 0 Å². The third kappa shape index (κ3) is 4.04. The lowest BCUT2D eigenvalue weighted by Gasteiger charge is -2.25. The highest BCUT2D eigenvalue weighted by atomic mass is 32.1. The molecular weight excluding hydrogens is 244 g/mol. The number of aromatic nitrogens is 1. The molecule has 2 unspecified atom stereocenters. The van der Waals surface area contributed by atoms with Gasteiger partial charge in [-0.2, -0.15) is 0 Å². The summed E-state index contributed by atoms with van der Waals surface area (Å²) in [5.74, 6) is 1.17. The highest BCUT2D eigenvalue weighted by molar-refractivity contribution is 7.11. The minimum atomic E-state index is -0.0681. The first-order chi connectivity index (χ1) is 8.65. The molecule has 0 aromatic carbocycles. The maximum Gasteiger partial charge on any atom is 0.0953 e. The van der Waals surface area contributed by atoms with Crippen molar-refractivity contribution in [2.45, 2.75) is 58.1 Å². The summed E-state index contributed by atoms with van der Waals surface area (Å²) in [6, 6.07) is 0. The summed E-state index contributed by atoms with van der Waals surface area (Å²) >= 11 is 1.81. The number of nitrogens with zero attached hydrogens (tertiary/aromatic N) is 1. The molecule has 3 nitrogen and oxygen atoms in total. The van der Waals surface area contributed by atoms with Crippen molar-refractivity contribution >= 4 is 11.3 Å². The quantitative estimate of drug-likeness (QED) is 0.863. The van der Waals surface area contributed by atoms with E-state index >= 15 is 0 Å². The molecule has 1 aliphatic carbocycles. The van der Waals surface area contributed by atoms with Gasteiger partial charge in [-0.25, -0.2) is 4.98 Å². The summed E-state index contributed by atoms with van der Waals surface area (Å²) in [5, 5.41) is 14.4. The first kappa shape index (κ1) is 14.0. The van der Waals surface area contributed by atoms with Gasteiger partial charge in [-0.15, -0.1) is 11.3 Å². The van der Waals surface area contributed by atoms with E-state index in [1.54, 1.807) is 11.3 Å². The lowest BCUT2D eigenvalue weighted by atomic mass is 9.87. The van der Waals surface area contributed by atoms with Crippen LogP contribution in [0.4, 0.5) is 0 Å². The fraction of sp³-hybridized carbons (Fsp3) is 0.786. The zero-order chi connectivity index (χ0) is 13.0. The van der Waals surface area contributed by atoms with Gasteiger partial charge in [-0.1, -0.05) is 20.3 Å². The van der Waals surface area contributed by atoms with Crippen LogP contribution >= 0.6 is 11.3 Å². The molecule has 0 radical (unpaired) electrons. The first-order valence-electron chi connectivity index (χ1n) is 6.98. The average molecular weight is 268 g/mol. The van der Waals surface area contributed by atoms with Gasteiger partial charge in [0.05, 0.1) is 11.1 Å². The molecule has 1 aromatic heterocycles. The molecule has 0 saturated heterocycles. The van der Waals surface area contributed by atoms with Crippen LogP contribution in [-0.4, -0.2) is 22.7 Å². The molecule has 2 atom stereocenters. The summed E-state index contributed by atoms with van der Waals surface area (Å²) in [7, 11) is 0. The van der Waals surface area contributed by atoms with Crippen molar-refractivity contribution in [3.8, 4) is 0 Å². The maximum absolute atomic E-state index is 9.62. The summed E-state index contributed by atoms with van der Waals surface area (Å²) in [4.78, 5) is 5.75. The van der Waals surface area contributed by atoms with Crippen LogP contribution in [0.15, 0.2) is 6.20 Å². The molecule has 2 rings (SSSR count). The molecule has 0 aliphatic heterocycles. The first-order valence-corrected chi connectivity index (χ1v) is 7.80. The Kier molecular flexibility index (Phi) is 5.15. The van der Waals surface area contributed by atoms with Gasteiger partial charge >= 0.3 is 0 Å². The van der Waals surface area contributed by atoms with Crippen molar-refractivity contribution in [3.05, 3.63) is 16.1 Å². The third-order valence-electron chi connectivity index (χ3n) is 3.55. The van der Waals surface area contributed by atoms with Crippen LogP contribution in [0.1, 0.15) is 55.3 Å². The van der Waals surface area contributed by atoms with Crippen molar-refractivity contribution in [1.82, 2.24) is 10.3 Å². The van der Waals surface area contributed by atoms with Gasteiger partial charge in [0, 0.05) is 23.5 Å². The molecule has 0 spiro atoms. The van der Waals surface area contributed by atoms with Gasteiger partial charge < -0.3 is 10.4 Å². The van der Waals surface area contributed by atoms with Crippen molar-refractivity contribution in [2.24, 2.45) is 5.92 Å². The average Bonchev–Trinajstić information content (AvgIpc) is 2.78. The van der Waals surface area contributed by atoms with E-state index in [1.165, 1.54) is 22.7 Å². The third-order valence-corrected chi connectivity index (χ3v) is 4.85. The molecule has 1 heterocycles. The van der Waals surface area contributed by atoms with Gasteiger partial charge in [-0.05, 0) is 31.7 Å². The van der Waals surface area contributed by atoms with Crippen molar-refractivity contribution < 1.29 is 5.11 Å². The summed E-state index contributed by atoms with van der Waals surface area (Å²) < 4.78 is 0. The second kappa shape index (κ2) is 6.64. The van der Waals surface area contributed by atoms with E-state index in [2.05, 4.69) is 24.1 Å². The van der Waals surface area contributed by atoms with Gasteiger partial charge in [0.1, 0.15) is 0 Å². The molecule has 1 saturated carbocycles. The van der Waals surface area contributed by atoms with Gasteiger partial charge in [0.2, 0.25) is 0 Å². The second-order valence-corrected chi connectivity index (χ2v) is 6.78. The molecular formula is C14H24N2OS. The molecule has 2 N–H and O–H groups in total. The van der Waals surface area contributed by atoms with Crippen LogP contribution in [0.2, 0.25) is 0 Å². The Morgan fingerprint density at radius 3 is 3.00 bits per heavy atom. The lowest BCUT2D eigenvalue weighted by molar-refractivity contribution is 0.101. The Morgan fingerprint density at radius 1 is 1.50 bits per heavy atom. The predicted molar refractivity (Wildman–Crippen MR) is 75.9 cm³/mol. The number of aliphatic hydroxyl groups excluding tert-OH is 1. The van der Waals surface area contributed by atoms with Crippen LogP contribution in [-0.2, 0) is 6.54 Å². The van der Waals surface area contributed by atoms with Crippen LogP contribution in [0.5, 0.6) is 0 Å². The van der Waals surface area contributed by atoms with Crippen LogP contribution in [0.3, 0.4) is 0 Å². The molecule has 18 heavy (non-hydrogen) atoms. The number of hydrogen-bond acceptors (Lipinski definition) is 4. The summed E-state index contributed by atoms with van der Waals surface area (Å²) in [6.45, 7) is 6.29. The van der Waals surface area contributed by atoms with Crippen molar-refractivity contribution in [3.63, 3.8) is 0 Å². The minimum absolute atomic E-state index is 0.0681. The number of rotatable bonds is 5. The number of aliphatic hydroxyl groups is 1. The Morgan fingerprint density at radius 2 is 2.33 bits per heavy atom. The smallest absolute Gasteiger partial charge is 0.0953 e. The van der Waals surface area contributed by atoms with E-state index in [-0.39, 0.29) is 6.10 Å². The van der Waals surface area contributed by atoms with Crippen LogP contribution in [0.25, 0.3) is 0 Å². The fourth-order valence-electron chi connectivity index (χ4n) is 2.52. The largest absolute Gasteiger partial charge is 0.393 e.